The van der Waals surface area contributed by atoms with Crippen molar-refractivity contribution in [2.75, 3.05) is 77.2 Å². The minimum atomic E-state index is -4.38. The van der Waals surface area contributed by atoms with Gasteiger partial charge in [-0.05, 0) is 204 Å². The summed E-state index contributed by atoms with van der Waals surface area (Å²) in [5, 5.41) is 21.6. The Labute approximate surface area is 577 Å². The summed E-state index contributed by atoms with van der Waals surface area (Å²) in [4.78, 5) is 51.9. The molecule has 0 radical (unpaired) electrons. The molecule has 540 valence electrons. The van der Waals surface area contributed by atoms with Crippen LogP contribution in [0.1, 0.15) is 101 Å². The van der Waals surface area contributed by atoms with E-state index in [1.54, 1.807) is 18.9 Å². The van der Waals surface area contributed by atoms with Gasteiger partial charge in [0, 0.05) is 45.2 Å². The molecule has 28 heteroatoms. The molecule has 0 bridgehead atoms. The Morgan fingerprint density at radius 2 is 0.765 bits per heavy atom. The largest absolute Gasteiger partial charge is 0.496 e. The fourth-order valence-electron chi connectivity index (χ4n) is 7.64. The van der Waals surface area contributed by atoms with Crippen LogP contribution >= 0.6 is 35.3 Å². The maximum absolute atomic E-state index is 12.6. The van der Waals surface area contributed by atoms with Crippen LogP contribution in [0.25, 0.3) is 0 Å². The highest BCUT2D eigenvalue weighted by Gasteiger charge is 2.46. The molecular weight excluding hydrogens is 1360 g/mol. The predicted octanol–water partition coefficient (Wildman–Crippen LogP) is 16.5. The van der Waals surface area contributed by atoms with Crippen molar-refractivity contribution in [3.63, 3.8) is 0 Å². The van der Waals surface area contributed by atoms with E-state index in [0.29, 0.717) is 73.8 Å². The molecule has 7 rings (SSSR count). The van der Waals surface area contributed by atoms with Gasteiger partial charge in [0.25, 0.3) is 0 Å². The molecule has 1 heterocycles. The van der Waals surface area contributed by atoms with E-state index in [0.717, 1.165) is 111 Å². The van der Waals surface area contributed by atoms with Crippen LogP contribution in [-0.2, 0) is 56.8 Å². The second-order valence-electron chi connectivity index (χ2n) is 21.1. The molecule has 1 aliphatic heterocycles. The molecule has 2 N–H and O–H groups in total. The van der Waals surface area contributed by atoms with Gasteiger partial charge >= 0.3 is 37.0 Å². The summed E-state index contributed by atoms with van der Waals surface area (Å²) in [7, 11) is 1.61. The maximum Gasteiger partial charge on any atom is 0.416 e. The van der Waals surface area contributed by atoms with Crippen molar-refractivity contribution in [2.24, 2.45) is 0 Å². The molecule has 6 aromatic rings. The smallest absolute Gasteiger partial charge is 0.416 e. The molecule has 0 spiro atoms. The molecule has 1 saturated heterocycles. The number of carbonyl (C=O) groups excluding carboxylic acids is 6. The lowest BCUT2D eigenvalue weighted by molar-refractivity contribution is -0.193. The number of hydrogen-bond acceptors (Lipinski definition) is 19. The number of benzene rings is 6. The Morgan fingerprint density at radius 1 is 0.459 bits per heavy atom. The number of rotatable bonds is 29. The summed E-state index contributed by atoms with van der Waals surface area (Å²) in [6.07, 6.45) is -9.53. The zero-order valence-corrected chi connectivity index (χ0v) is 58.4. The first-order valence-electron chi connectivity index (χ1n) is 30.4. The van der Waals surface area contributed by atoms with Gasteiger partial charge in [-0.1, -0.05) is 27.7 Å². The van der Waals surface area contributed by atoms with Crippen molar-refractivity contribution in [3.05, 3.63) is 161 Å². The van der Waals surface area contributed by atoms with Gasteiger partial charge < -0.3 is 48.1 Å². The first-order valence-corrected chi connectivity index (χ1v) is 33.3. The van der Waals surface area contributed by atoms with Gasteiger partial charge in [0.15, 0.2) is 0 Å². The predicted molar refractivity (Wildman–Crippen MR) is 351 cm³/mol. The van der Waals surface area contributed by atoms with Crippen LogP contribution in [-0.4, -0.2) is 123 Å². The first-order chi connectivity index (χ1) is 46.3. The summed E-state index contributed by atoms with van der Waals surface area (Å²) in [5.74, 6) is 5.05. The quantitative estimate of drug-likeness (QED) is 0.0253. The fourth-order valence-corrected chi connectivity index (χ4v) is 11.0. The number of hydrogen-bond donors (Lipinski definition) is 2. The number of aryl methyl sites for hydroxylation is 3. The number of alkyl halides is 9. The SMILES string of the molecule is CCC(O)(COc1ccc(C(F)(F)F)cc1)CSc1ccc(OC)c(C)c1.CCCOc1ccc(SCC(O)(CC)COc2ccc(C(F)(F)F)cc2)cc1C.CCCOc1ccc(SCC2(COc3ccc(C(F)(F)F)cc3)CO2)cc1C.CCOCC.O=C=O.O=C=O.O=C=O. The number of aliphatic hydroxyl groups is 2. The summed E-state index contributed by atoms with van der Waals surface area (Å²) in [5.41, 5.74) is -1.61. The summed E-state index contributed by atoms with van der Waals surface area (Å²) < 4.78 is 157. The highest BCUT2D eigenvalue weighted by Crippen LogP contribution is 2.38. The molecule has 6 aromatic carbocycles. The van der Waals surface area contributed by atoms with Crippen molar-refractivity contribution in [2.45, 2.75) is 138 Å². The van der Waals surface area contributed by atoms with Crippen molar-refractivity contribution in [3.8, 4) is 34.5 Å². The van der Waals surface area contributed by atoms with Gasteiger partial charge in [-0.3, -0.25) is 0 Å². The molecule has 16 nitrogen and oxygen atoms in total. The van der Waals surface area contributed by atoms with Crippen molar-refractivity contribution < 1.29 is 116 Å². The first kappa shape index (κ1) is 88.5. The van der Waals surface area contributed by atoms with E-state index >= 15 is 0 Å². The van der Waals surface area contributed by atoms with Crippen LogP contribution in [0.5, 0.6) is 34.5 Å². The number of thioether (sulfide) groups is 3. The summed E-state index contributed by atoms with van der Waals surface area (Å²) in [6, 6.07) is 31.4. The molecule has 3 atom stereocenters. The normalized spacial score (nSPS) is 13.9. The average molecular weight is 1450 g/mol. The highest BCUT2D eigenvalue weighted by atomic mass is 32.2. The minimum absolute atomic E-state index is 0.00145. The Hall–Kier alpha value is -7.48. The van der Waals surface area contributed by atoms with Crippen LogP contribution in [0.2, 0.25) is 0 Å². The molecule has 98 heavy (non-hydrogen) atoms. The van der Waals surface area contributed by atoms with Gasteiger partial charge in [-0.15, -0.1) is 35.3 Å². The molecule has 0 aliphatic carbocycles. The van der Waals surface area contributed by atoms with E-state index in [2.05, 4.69) is 19.9 Å². The molecule has 0 aromatic heterocycles. The van der Waals surface area contributed by atoms with E-state index in [9.17, 15) is 49.7 Å². The average Bonchev–Trinajstić information content (AvgIpc) is 1.65. The second kappa shape index (κ2) is 46.0. The standard InChI is InChI=1S/C22H27F3O3S.C21H23F3O3S.C20H23F3O3S.C4H10O.3CO2/c1-4-12-27-20-11-10-19(13-16(20)3)29-15-21(26,5-2)14-28-18-8-6-17(7-9-18)22(23,24)25;1-3-10-25-19-9-8-18(11-15(19)2)28-14-20(13-27-20)12-26-17-6-4-16(5-7-17)21(22,23)24;1-4-19(24,13-27-17-9-10-18(25-3)14(2)11-17)12-26-16-7-5-15(6-8-16)20(21,22)23;1-3-5-4-2;3*2-1-3/h6-11,13,26H,4-5,12,14-15H2,1-3H3;4-9,11H,3,10,12-14H2,1-2H3;5-11,24H,4,12-13H2,1-3H3;3-4H2,1-2H3;;;. The summed E-state index contributed by atoms with van der Waals surface area (Å²) in [6.45, 7) is 21.7. The van der Waals surface area contributed by atoms with Crippen LogP contribution in [0.15, 0.2) is 142 Å². The lowest BCUT2D eigenvalue weighted by atomic mass is 10.1. The lowest BCUT2D eigenvalue weighted by Gasteiger charge is -2.26. The second-order valence-corrected chi connectivity index (χ2v) is 24.3. The Morgan fingerprint density at radius 3 is 1.02 bits per heavy atom. The minimum Gasteiger partial charge on any atom is -0.496 e. The zero-order valence-electron chi connectivity index (χ0n) is 56.0. The Bertz CT molecular complexity index is 3290. The van der Waals surface area contributed by atoms with Crippen LogP contribution in [0.3, 0.4) is 0 Å². The van der Waals surface area contributed by atoms with E-state index in [1.807, 2.05) is 97.0 Å². The van der Waals surface area contributed by atoms with Crippen molar-refractivity contribution in [1.29, 1.82) is 0 Å². The molecular formula is C70H83F9O16S3. The van der Waals surface area contributed by atoms with E-state index in [-0.39, 0.29) is 31.7 Å². The van der Waals surface area contributed by atoms with Crippen molar-refractivity contribution in [1.82, 2.24) is 0 Å². The highest BCUT2D eigenvalue weighted by molar-refractivity contribution is 7.99. The van der Waals surface area contributed by atoms with E-state index in [1.165, 1.54) is 59.9 Å². The van der Waals surface area contributed by atoms with E-state index in [4.69, 9.17) is 66.7 Å². The third-order valence-corrected chi connectivity index (χ3v) is 17.2. The van der Waals surface area contributed by atoms with Crippen LogP contribution in [0, 0.1) is 20.8 Å². The van der Waals surface area contributed by atoms with Gasteiger partial charge in [0.2, 0.25) is 0 Å². The molecule has 3 unspecified atom stereocenters. The van der Waals surface area contributed by atoms with Crippen LogP contribution in [0.4, 0.5) is 39.5 Å². The lowest BCUT2D eigenvalue weighted by Crippen LogP contribution is -2.38. The van der Waals surface area contributed by atoms with Gasteiger partial charge in [0.1, 0.15) is 71.1 Å². The van der Waals surface area contributed by atoms with Gasteiger partial charge in [0.05, 0.1) is 43.6 Å². The monoisotopic (exact) mass is 1450 g/mol. The zero-order chi connectivity index (χ0) is 74.0. The van der Waals surface area contributed by atoms with Crippen LogP contribution < -0.4 is 28.4 Å². The van der Waals surface area contributed by atoms with Gasteiger partial charge in [-0.2, -0.15) is 68.3 Å². The van der Waals surface area contributed by atoms with Gasteiger partial charge in [-0.25, -0.2) is 0 Å². The van der Waals surface area contributed by atoms with E-state index < -0.39 is 52.0 Å². The van der Waals surface area contributed by atoms with Crippen molar-refractivity contribution >= 4 is 53.7 Å². The molecule has 0 amide bonds. The third-order valence-electron chi connectivity index (χ3n) is 13.4. The number of halogens is 9. The topological polar surface area (TPSA) is 220 Å². The number of epoxide rings is 1. The molecule has 0 saturated carbocycles. The number of ether oxygens (including phenoxy) is 8. The Balaban J connectivity index is 0.000000668. The third kappa shape index (κ3) is 35.3. The fraction of sp³-hybridized carbons (Fsp3) is 0.443. The maximum atomic E-state index is 12.6. The summed E-state index contributed by atoms with van der Waals surface area (Å²) >= 11 is 4.67. The number of methoxy groups -OCH3 is 1. The Kier molecular flexibility index (Phi) is 41.5. The molecule has 1 aliphatic rings. The molecule has 1 fully saturated rings.